The molecule has 1 aromatic heterocycles. The number of halogens is 1. The number of anilines is 2. The molecule has 172 valence electrons. The Morgan fingerprint density at radius 2 is 2.06 bits per heavy atom. The number of amides is 2. The standard InChI is InChI=1S/C22H29BFN3O3S2/c1-13-8-17(16(24)9-15(13)23)27(11-14-6-4-5-7-14)21(30)26-20-25-10-18(32-20)31-12-22(2,3)19(28)29/h8-10,14H,4-7,11-12,23H2,1-3H3,(H,28,29)(H,25,26,30). The molecule has 6 nitrogen and oxygen atoms in total. The number of nitrogens with zero attached hydrogens (tertiary/aromatic N) is 2. The van der Waals surface area contributed by atoms with Crippen LogP contribution in [0.2, 0.25) is 0 Å². The van der Waals surface area contributed by atoms with Crippen molar-refractivity contribution in [3.8, 4) is 0 Å². The molecule has 0 spiro atoms. The number of carboxylic acids is 1. The molecule has 1 aromatic carbocycles. The van der Waals surface area contributed by atoms with Crippen molar-refractivity contribution in [2.24, 2.45) is 11.3 Å². The van der Waals surface area contributed by atoms with Crippen LogP contribution >= 0.6 is 23.1 Å². The zero-order chi connectivity index (χ0) is 23.5. The van der Waals surface area contributed by atoms with Crippen LogP contribution in [0.25, 0.3) is 0 Å². The van der Waals surface area contributed by atoms with E-state index in [4.69, 9.17) is 0 Å². The highest BCUT2D eigenvalue weighted by Crippen LogP contribution is 2.34. The average molecular weight is 477 g/mol. The van der Waals surface area contributed by atoms with Gasteiger partial charge in [0.1, 0.15) is 13.7 Å². The Balaban J connectivity index is 1.75. The first kappa shape index (κ1) is 24.6. The number of hydrogen-bond donors (Lipinski definition) is 2. The molecule has 0 atom stereocenters. The number of aliphatic carboxylic acids is 1. The summed E-state index contributed by atoms with van der Waals surface area (Å²) in [7, 11) is 1.85. The van der Waals surface area contributed by atoms with E-state index in [9.17, 15) is 19.1 Å². The summed E-state index contributed by atoms with van der Waals surface area (Å²) in [5.41, 5.74) is 1.20. The van der Waals surface area contributed by atoms with Gasteiger partial charge in [-0.2, -0.15) is 0 Å². The van der Waals surface area contributed by atoms with E-state index < -0.39 is 23.2 Å². The molecule has 0 radical (unpaired) electrons. The molecule has 1 saturated carbocycles. The molecule has 0 unspecified atom stereocenters. The molecular formula is C22H29BFN3O3S2. The van der Waals surface area contributed by atoms with Crippen molar-refractivity contribution in [2.75, 3.05) is 22.5 Å². The summed E-state index contributed by atoms with van der Waals surface area (Å²) in [6, 6.07) is 2.80. The van der Waals surface area contributed by atoms with Crippen LogP contribution in [0.4, 0.5) is 20.0 Å². The number of carbonyl (C=O) groups is 2. The second-order valence-corrected chi connectivity index (χ2v) is 11.3. The van der Waals surface area contributed by atoms with E-state index in [0.717, 1.165) is 40.9 Å². The number of nitrogens with one attached hydrogen (secondary N) is 1. The summed E-state index contributed by atoms with van der Waals surface area (Å²) >= 11 is 2.68. The molecule has 32 heavy (non-hydrogen) atoms. The Kier molecular flexibility index (Phi) is 7.87. The first-order chi connectivity index (χ1) is 15.1. The fourth-order valence-electron chi connectivity index (χ4n) is 3.57. The lowest BCUT2D eigenvalue weighted by Gasteiger charge is -2.26. The van der Waals surface area contributed by atoms with E-state index in [1.54, 1.807) is 26.1 Å². The largest absolute Gasteiger partial charge is 0.481 e. The molecular weight excluding hydrogens is 448 g/mol. The zero-order valence-corrected chi connectivity index (χ0v) is 20.5. The molecule has 2 amide bonds. The fraction of sp³-hybridized carbons (Fsp3) is 0.500. The van der Waals surface area contributed by atoms with Crippen molar-refractivity contribution in [3.05, 3.63) is 29.7 Å². The summed E-state index contributed by atoms with van der Waals surface area (Å²) < 4.78 is 15.7. The maximum absolute atomic E-state index is 14.8. The third-order valence-corrected chi connectivity index (χ3v) is 8.43. The quantitative estimate of drug-likeness (QED) is 0.438. The summed E-state index contributed by atoms with van der Waals surface area (Å²) in [5, 5.41) is 12.5. The minimum atomic E-state index is -0.864. The van der Waals surface area contributed by atoms with Crippen molar-refractivity contribution in [1.82, 2.24) is 4.98 Å². The van der Waals surface area contributed by atoms with Gasteiger partial charge in [0.15, 0.2) is 5.13 Å². The van der Waals surface area contributed by atoms with Gasteiger partial charge in [-0.1, -0.05) is 35.2 Å². The topological polar surface area (TPSA) is 82.5 Å². The predicted molar refractivity (Wildman–Crippen MR) is 132 cm³/mol. The number of thioether (sulfide) groups is 1. The third-order valence-electron chi connectivity index (χ3n) is 5.87. The van der Waals surface area contributed by atoms with Gasteiger partial charge < -0.3 is 5.11 Å². The molecule has 1 aliphatic rings. The molecule has 1 heterocycles. The molecule has 0 saturated heterocycles. The van der Waals surface area contributed by atoms with E-state index in [1.807, 2.05) is 14.8 Å². The summed E-state index contributed by atoms with van der Waals surface area (Å²) in [6.45, 7) is 5.72. The highest BCUT2D eigenvalue weighted by atomic mass is 32.2. The number of carboxylic acid groups (broad SMARTS) is 1. The lowest BCUT2D eigenvalue weighted by molar-refractivity contribution is -0.145. The molecule has 2 N–H and O–H groups in total. The van der Waals surface area contributed by atoms with Crippen molar-refractivity contribution >= 4 is 59.2 Å². The van der Waals surface area contributed by atoms with Crippen LogP contribution in [0.5, 0.6) is 0 Å². The maximum Gasteiger partial charge on any atom is 0.328 e. The SMILES string of the molecule is Bc1cc(F)c(N(CC2CCCC2)C(=O)Nc2ncc(SCC(C)(C)C(=O)O)s2)cc1C. The zero-order valence-electron chi connectivity index (χ0n) is 18.9. The first-order valence-corrected chi connectivity index (χ1v) is 12.5. The number of carbonyl (C=O) groups excluding carboxylic acids is 1. The van der Waals surface area contributed by atoms with Crippen molar-refractivity contribution in [3.63, 3.8) is 0 Å². The number of thiazole rings is 1. The van der Waals surface area contributed by atoms with Gasteiger partial charge in [0.05, 0.1) is 21.5 Å². The Labute approximate surface area is 197 Å². The van der Waals surface area contributed by atoms with Gasteiger partial charge >= 0.3 is 12.0 Å². The second-order valence-electron chi connectivity index (χ2n) is 9.04. The number of urea groups is 1. The summed E-state index contributed by atoms with van der Waals surface area (Å²) in [6.07, 6.45) is 5.96. The minimum absolute atomic E-state index is 0.284. The maximum atomic E-state index is 14.8. The Morgan fingerprint density at radius 1 is 1.38 bits per heavy atom. The van der Waals surface area contributed by atoms with Crippen molar-refractivity contribution in [2.45, 2.75) is 50.7 Å². The first-order valence-electron chi connectivity index (χ1n) is 10.7. The Morgan fingerprint density at radius 3 is 2.72 bits per heavy atom. The van der Waals surface area contributed by atoms with Crippen LogP contribution in [0.15, 0.2) is 22.5 Å². The number of aryl methyl sites for hydroxylation is 1. The molecule has 0 aliphatic heterocycles. The van der Waals surface area contributed by atoms with Crippen molar-refractivity contribution < 1.29 is 19.1 Å². The van der Waals surface area contributed by atoms with Crippen LogP contribution < -0.4 is 15.7 Å². The summed E-state index contributed by atoms with van der Waals surface area (Å²) in [4.78, 5) is 30.3. The Hall–Kier alpha value is -2.07. The molecule has 1 fully saturated rings. The van der Waals surface area contributed by atoms with Crippen LogP contribution in [-0.4, -0.2) is 42.2 Å². The second kappa shape index (κ2) is 10.3. The third kappa shape index (κ3) is 6.04. The number of hydrogen-bond acceptors (Lipinski definition) is 5. The normalized spacial score (nSPS) is 14.5. The van der Waals surface area contributed by atoms with E-state index in [2.05, 4.69) is 10.3 Å². The lowest BCUT2D eigenvalue weighted by atomic mass is 9.90. The molecule has 2 aromatic rings. The van der Waals surface area contributed by atoms with E-state index in [-0.39, 0.29) is 5.69 Å². The van der Waals surface area contributed by atoms with E-state index in [0.29, 0.717) is 23.3 Å². The molecule has 3 rings (SSSR count). The highest BCUT2D eigenvalue weighted by Gasteiger charge is 2.28. The van der Waals surface area contributed by atoms with Gasteiger partial charge in [0, 0.05) is 12.3 Å². The van der Waals surface area contributed by atoms with Gasteiger partial charge in [-0.25, -0.2) is 14.2 Å². The minimum Gasteiger partial charge on any atom is -0.481 e. The van der Waals surface area contributed by atoms with Gasteiger partial charge in [-0.3, -0.25) is 15.0 Å². The van der Waals surface area contributed by atoms with Crippen LogP contribution in [-0.2, 0) is 4.79 Å². The Bertz CT molecular complexity index is 993. The number of aromatic nitrogens is 1. The average Bonchev–Trinajstić information content (AvgIpc) is 3.39. The fourth-order valence-corrected chi connectivity index (χ4v) is 5.51. The van der Waals surface area contributed by atoms with Gasteiger partial charge in [0.2, 0.25) is 0 Å². The van der Waals surface area contributed by atoms with Crippen LogP contribution in [0, 0.1) is 24.1 Å². The highest BCUT2D eigenvalue weighted by molar-refractivity contribution is 8.01. The molecule has 0 bridgehead atoms. The number of rotatable bonds is 8. The van der Waals surface area contributed by atoms with Crippen molar-refractivity contribution in [1.29, 1.82) is 0 Å². The van der Waals surface area contributed by atoms with Crippen LogP contribution in [0.3, 0.4) is 0 Å². The molecule has 1 aliphatic carbocycles. The monoisotopic (exact) mass is 477 g/mol. The smallest absolute Gasteiger partial charge is 0.328 e. The van der Waals surface area contributed by atoms with Crippen LogP contribution in [0.1, 0.15) is 45.1 Å². The van der Waals surface area contributed by atoms with Gasteiger partial charge in [-0.15, -0.1) is 11.8 Å². The summed E-state index contributed by atoms with van der Waals surface area (Å²) in [5.74, 6) is -0.532. The molecule has 10 heteroatoms. The van der Waals surface area contributed by atoms with E-state index in [1.165, 1.54) is 34.1 Å². The van der Waals surface area contributed by atoms with E-state index >= 15 is 0 Å². The number of benzene rings is 1. The van der Waals surface area contributed by atoms with Gasteiger partial charge in [-0.05, 0) is 51.7 Å². The van der Waals surface area contributed by atoms with Gasteiger partial charge in [0.25, 0.3) is 0 Å². The predicted octanol–water partition coefficient (Wildman–Crippen LogP) is 4.28. The lowest BCUT2D eigenvalue weighted by Crippen LogP contribution is -2.39.